The second kappa shape index (κ2) is 5.92. The van der Waals surface area contributed by atoms with Gasteiger partial charge in [-0.3, -0.25) is 0 Å². The molecular weight excluding hydrogens is 222 g/mol. The lowest BCUT2D eigenvalue weighted by molar-refractivity contribution is -0.00403. The predicted octanol–water partition coefficient (Wildman–Crippen LogP) is 3.36. The first-order valence-electron chi connectivity index (χ1n) is 8.20. The van der Waals surface area contributed by atoms with E-state index in [0.717, 1.165) is 30.4 Å². The van der Waals surface area contributed by atoms with Crippen molar-refractivity contribution in [3.8, 4) is 0 Å². The Morgan fingerprint density at radius 2 is 2.06 bits per heavy atom. The third kappa shape index (κ3) is 2.91. The molecule has 0 amide bonds. The van der Waals surface area contributed by atoms with Gasteiger partial charge in [0.2, 0.25) is 0 Å². The maximum atomic E-state index is 5.83. The van der Waals surface area contributed by atoms with Crippen LogP contribution < -0.4 is 5.32 Å². The lowest BCUT2D eigenvalue weighted by atomic mass is 9.88. The highest BCUT2D eigenvalue weighted by Crippen LogP contribution is 2.48. The molecule has 0 aromatic rings. The van der Waals surface area contributed by atoms with Crippen molar-refractivity contribution in [2.75, 3.05) is 13.2 Å². The molecule has 2 saturated carbocycles. The van der Waals surface area contributed by atoms with Gasteiger partial charge in [-0.1, -0.05) is 19.8 Å². The number of nitrogens with one attached hydrogen (secondary N) is 1. The summed E-state index contributed by atoms with van der Waals surface area (Å²) in [4.78, 5) is 0. The fourth-order valence-corrected chi connectivity index (χ4v) is 4.53. The minimum absolute atomic E-state index is 0.529. The smallest absolute Gasteiger partial charge is 0.0589 e. The molecule has 104 valence electrons. The van der Waals surface area contributed by atoms with Gasteiger partial charge in [0.05, 0.1) is 6.10 Å². The molecule has 1 aliphatic heterocycles. The molecule has 5 unspecified atom stereocenters. The summed E-state index contributed by atoms with van der Waals surface area (Å²) in [5, 5.41) is 3.86. The molecule has 1 heterocycles. The first kappa shape index (κ1) is 12.9. The molecule has 18 heavy (non-hydrogen) atoms. The molecule has 3 fully saturated rings. The summed E-state index contributed by atoms with van der Waals surface area (Å²) in [5.74, 6) is 3.15. The molecule has 3 aliphatic rings. The van der Waals surface area contributed by atoms with Crippen molar-refractivity contribution in [3.63, 3.8) is 0 Å². The van der Waals surface area contributed by atoms with Crippen LogP contribution in [0.15, 0.2) is 0 Å². The number of ether oxygens (including phenoxy) is 1. The second-order valence-corrected chi connectivity index (χ2v) is 6.85. The number of hydrogen-bond acceptors (Lipinski definition) is 2. The van der Waals surface area contributed by atoms with E-state index in [1.54, 1.807) is 6.42 Å². The van der Waals surface area contributed by atoms with Gasteiger partial charge in [0.25, 0.3) is 0 Å². The molecule has 2 bridgehead atoms. The van der Waals surface area contributed by atoms with Crippen LogP contribution in [0.25, 0.3) is 0 Å². The molecule has 0 aromatic carbocycles. The van der Waals surface area contributed by atoms with Crippen LogP contribution in [0.2, 0.25) is 0 Å². The summed E-state index contributed by atoms with van der Waals surface area (Å²) >= 11 is 0. The standard InChI is InChI=1S/C16H29NO/c1-2-3-16-10-15(6-7-18-16)17-11-14-9-12-4-5-13(14)8-12/h12-17H,2-11H2,1H3. The van der Waals surface area contributed by atoms with Gasteiger partial charge in [-0.25, -0.2) is 0 Å². The van der Waals surface area contributed by atoms with Gasteiger partial charge in [-0.2, -0.15) is 0 Å². The molecule has 0 spiro atoms. The molecule has 5 atom stereocenters. The maximum absolute atomic E-state index is 5.83. The molecule has 0 radical (unpaired) electrons. The van der Waals surface area contributed by atoms with Crippen LogP contribution in [0.3, 0.4) is 0 Å². The Balaban J connectivity index is 1.40. The van der Waals surface area contributed by atoms with E-state index >= 15 is 0 Å². The molecule has 1 N–H and O–H groups in total. The van der Waals surface area contributed by atoms with E-state index in [4.69, 9.17) is 4.74 Å². The van der Waals surface area contributed by atoms with E-state index in [9.17, 15) is 0 Å². The quantitative estimate of drug-likeness (QED) is 0.809. The molecule has 3 rings (SSSR count). The summed E-state index contributed by atoms with van der Waals surface area (Å²) in [6, 6.07) is 0.731. The van der Waals surface area contributed by atoms with Crippen LogP contribution in [0.1, 0.15) is 58.3 Å². The van der Waals surface area contributed by atoms with Gasteiger partial charge in [0, 0.05) is 12.6 Å². The van der Waals surface area contributed by atoms with Crippen molar-refractivity contribution < 1.29 is 4.74 Å². The average Bonchev–Trinajstić information content (AvgIpc) is 2.99. The molecular formula is C16H29NO. The Hall–Kier alpha value is -0.0800. The van der Waals surface area contributed by atoms with Gasteiger partial charge < -0.3 is 10.1 Å². The maximum Gasteiger partial charge on any atom is 0.0589 e. The summed E-state index contributed by atoms with van der Waals surface area (Å²) in [6.07, 6.45) is 11.6. The minimum atomic E-state index is 0.529. The Morgan fingerprint density at radius 1 is 1.11 bits per heavy atom. The van der Waals surface area contributed by atoms with Crippen molar-refractivity contribution in [2.24, 2.45) is 17.8 Å². The molecule has 2 nitrogen and oxygen atoms in total. The highest BCUT2D eigenvalue weighted by Gasteiger charge is 2.39. The molecule has 2 aliphatic carbocycles. The Labute approximate surface area is 112 Å². The first-order chi connectivity index (χ1) is 8.85. The predicted molar refractivity (Wildman–Crippen MR) is 74.6 cm³/mol. The Bertz CT molecular complexity index is 266. The normalized spacial score (nSPS) is 43.5. The zero-order chi connectivity index (χ0) is 12.4. The lowest BCUT2D eigenvalue weighted by Crippen LogP contribution is -2.41. The van der Waals surface area contributed by atoms with E-state index in [2.05, 4.69) is 12.2 Å². The fraction of sp³-hybridized carbons (Fsp3) is 1.00. The third-order valence-electron chi connectivity index (χ3n) is 5.53. The van der Waals surface area contributed by atoms with Crippen molar-refractivity contribution in [1.82, 2.24) is 5.32 Å². The first-order valence-corrected chi connectivity index (χ1v) is 8.20. The number of rotatable bonds is 5. The SMILES string of the molecule is CCCC1CC(NCC2CC3CCC2C3)CCO1. The van der Waals surface area contributed by atoms with E-state index in [-0.39, 0.29) is 0 Å². The van der Waals surface area contributed by atoms with Gasteiger partial charge >= 0.3 is 0 Å². The second-order valence-electron chi connectivity index (χ2n) is 6.85. The zero-order valence-corrected chi connectivity index (χ0v) is 11.9. The van der Waals surface area contributed by atoms with Crippen molar-refractivity contribution in [1.29, 1.82) is 0 Å². The van der Waals surface area contributed by atoms with E-state index in [1.165, 1.54) is 51.5 Å². The van der Waals surface area contributed by atoms with Crippen LogP contribution in [-0.2, 0) is 4.74 Å². The number of hydrogen-bond donors (Lipinski definition) is 1. The summed E-state index contributed by atoms with van der Waals surface area (Å²) in [5.41, 5.74) is 0. The monoisotopic (exact) mass is 251 g/mol. The van der Waals surface area contributed by atoms with E-state index in [0.29, 0.717) is 6.10 Å². The van der Waals surface area contributed by atoms with Crippen LogP contribution in [0.4, 0.5) is 0 Å². The third-order valence-corrected chi connectivity index (χ3v) is 5.53. The Morgan fingerprint density at radius 3 is 2.78 bits per heavy atom. The highest BCUT2D eigenvalue weighted by molar-refractivity contribution is 4.91. The fourth-order valence-electron chi connectivity index (χ4n) is 4.53. The highest BCUT2D eigenvalue weighted by atomic mass is 16.5. The summed E-state index contributed by atoms with van der Waals surface area (Å²) < 4.78 is 5.83. The van der Waals surface area contributed by atoms with Crippen molar-refractivity contribution in [3.05, 3.63) is 0 Å². The lowest BCUT2D eigenvalue weighted by Gasteiger charge is -2.32. The van der Waals surface area contributed by atoms with E-state index in [1.807, 2.05) is 0 Å². The summed E-state index contributed by atoms with van der Waals surface area (Å²) in [6.45, 7) is 4.51. The van der Waals surface area contributed by atoms with Gasteiger partial charge in [-0.05, 0) is 62.8 Å². The van der Waals surface area contributed by atoms with Crippen LogP contribution in [0.5, 0.6) is 0 Å². The van der Waals surface area contributed by atoms with Crippen molar-refractivity contribution in [2.45, 2.75) is 70.4 Å². The largest absolute Gasteiger partial charge is 0.378 e. The average molecular weight is 251 g/mol. The number of fused-ring (bicyclic) bond motifs is 2. The van der Waals surface area contributed by atoms with Gasteiger partial charge in [0.1, 0.15) is 0 Å². The zero-order valence-electron chi connectivity index (χ0n) is 11.9. The minimum Gasteiger partial charge on any atom is -0.378 e. The van der Waals surface area contributed by atoms with Gasteiger partial charge in [-0.15, -0.1) is 0 Å². The van der Waals surface area contributed by atoms with Crippen LogP contribution in [0, 0.1) is 17.8 Å². The van der Waals surface area contributed by atoms with Gasteiger partial charge in [0.15, 0.2) is 0 Å². The topological polar surface area (TPSA) is 21.3 Å². The van der Waals surface area contributed by atoms with Crippen LogP contribution in [-0.4, -0.2) is 25.3 Å². The summed E-state index contributed by atoms with van der Waals surface area (Å²) in [7, 11) is 0. The molecule has 1 saturated heterocycles. The van der Waals surface area contributed by atoms with E-state index < -0.39 is 0 Å². The Kier molecular flexibility index (Phi) is 4.25. The van der Waals surface area contributed by atoms with Crippen molar-refractivity contribution >= 4 is 0 Å². The molecule has 2 heteroatoms. The van der Waals surface area contributed by atoms with Crippen LogP contribution >= 0.6 is 0 Å². The molecule has 0 aromatic heterocycles.